The molecular formula is C20H31N3O4S. The molecule has 1 aromatic carbocycles. The number of nitrogens with zero attached hydrogens (tertiary/aromatic N) is 2. The van der Waals surface area contributed by atoms with Gasteiger partial charge < -0.3 is 24.6 Å². The van der Waals surface area contributed by atoms with Gasteiger partial charge in [-0.15, -0.1) is 11.8 Å². The summed E-state index contributed by atoms with van der Waals surface area (Å²) in [7, 11) is 4.99. The van der Waals surface area contributed by atoms with Crippen molar-refractivity contribution in [2.45, 2.75) is 37.3 Å². The highest BCUT2D eigenvalue weighted by Crippen LogP contribution is 2.47. The Hall–Kier alpha value is -2.09. The van der Waals surface area contributed by atoms with Crippen LogP contribution in [0.15, 0.2) is 18.2 Å². The molecule has 156 valence electrons. The first-order valence-electron chi connectivity index (χ1n) is 9.63. The molecule has 1 fully saturated rings. The van der Waals surface area contributed by atoms with Crippen molar-refractivity contribution in [2.75, 3.05) is 40.9 Å². The van der Waals surface area contributed by atoms with E-state index in [1.165, 1.54) is 0 Å². The summed E-state index contributed by atoms with van der Waals surface area (Å²) in [5.74, 6) is 1.55. The van der Waals surface area contributed by atoms with E-state index in [0.717, 1.165) is 29.9 Å². The molecule has 0 saturated carbocycles. The van der Waals surface area contributed by atoms with E-state index in [-0.39, 0.29) is 22.6 Å². The summed E-state index contributed by atoms with van der Waals surface area (Å²) in [6.07, 6.45) is 1.65. The SMILES string of the molecule is CCCNC(=O)N(C)CCN1C(=O)[C@H](CC)S[C@H]1c1cc(OC)ccc1OC. The molecule has 0 unspecified atom stereocenters. The number of hydrogen-bond donors (Lipinski definition) is 1. The Morgan fingerprint density at radius 1 is 1.29 bits per heavy atom. The van der Waals surface area contributed by atoms with Crippen LogP contribution in [0.1, 0.15) is 37.6 Å². The van der Waals surface area contributed by atoms with Crippen LogP contribution < -0.4 is 14.8 Å². The monoisotopic (exact) mass is 409 g/mol. The fourth-order valence-corrected chi connectivity index (χ4v) is 4.53. The molecule has 1 aromatic rings. The van der Waals surface area contributed by atoms with Crippen LogP contribution in [-0.4, -0.2) is 67.9 Å². The standard InChI is InChI=1S/C20H31N3O4S/c1-6-10-21-20(25)22(3)11-12-23-18(24)17(7-2)28-19(23)15-13-14(26-4)8-9-16(15)27-5/h8-9,13,17,19H,6-7,10-12H2,1-5H3,(H,21,25)/t17-,19-/m0/s1. The smallest absolute Gasteiger partial charge is 0.317 e. The summed E-state index contributed by atoms with van der Waals surface area (Å²) < 4.78 is 10.9. The van der Waals surface area contributed by atoms with Crippen LogP contribution in [0.2, 0.25) is 0 Å². The minimum absolute atomic E-state index is 0.0971. The number of methoxy groups -OCH3 is 2. The zero-order valence-corrected chi connectivity index (χ0v) is 18.2. The van der Waals surface area contributed by atoms with Gasteiger partial charge in [0.05, 0.1) is 19.5 Å². The van der Waals surface area contributed by atoms with Crippen molar-refractivity contribution in [3.05, 3.63) is 23.8 Å². The molecule has 2 atom stereocenters. The van der Waals surface area contributed by atoms with Gasteiger partial charge in [0.1, 0.15) is 16.9 Å². The number of ether oxygens (including phenoxy) is 2. The molecule has 0 aliphatic carbocycles. The van der Waals surface area contributed by atoms with Gasteiger partial charge in [0.15, 0.2) is 0 Å². The van der Waals surface area contributed by atoms with Crippen molar-refractivity contribution >= 4 is 23.7 Å². The second-order valence-electron chi connectivity index (χ2n) is 6.68. The van der Waals surface area contributed by atoms with Crippen LogP contribution in [-0.2, 0) is 4.79 Å². The number of likely N-dealkylation sites (N-methyl/N-ethyl adjacent to an activating group) is 1. The Morgan fingerprint density at radius 2 is 2.04 bits per heavy atom. The lowest BCUT2D eigenvalue weighted by Crippen LogP contribution is -2.43. The molecule has 3 amide bonds. The third kappa shape index (κ3) is 5.04. The Balaban J connectivity index is 2.20. The molecule has 7 nitrogen and oxygen atoms in total. The molecule has 1 heterocycles. The van der Waals surface area contributed by atoms with Gasteiger partial charge in [-0.2, -0.15) is 0 Å². The van der Waals surface area contributed by atoms with E-state index in [0.29, 0.717) is 19.6 Å². The van der Waals surface area contributed by atoms with E-state index in [1.807, 2.05) is 36.9 Å². The zero-order chi connectivity index (χ0) is 20.7. The number of benzene rings is 1. The third-order valence-corrected chi connectivity index (χ3v) is 6.39. The number of carbonyl (C=O) groups excluding carboxylic acids is 2. The molecule has 0 spiro atoms. The highest BCUT2D eigenvalue weighted by molar-refractivity contribution is 8.01. The molecule has 0 radical (unpaired) electrons. The van der Waals surface area contributed by atoms with Gasteiger partial charge >= 0.3 is 6.03 Å². The van der Waals surface area contributed by atoms with Gasteiger partial charge in [-0.1, -0.05) is 13.8 Å². The van der Waals surface area contributed by atoms with Gasteiger partial charge in [-0.3, -0.25) is 4.79 Å². The van der Waals surface area contributed by atoms with Crippen molar-refractivity contribution in [1.82, 2.24) is 15.1 Å². The zero-order valence-electron chi connectivity index (χ0n) is 17.4. The summed E-state index contributed by atoms with van der Waals surface area (Å²) in [4.78, 5) is 28.5. The topological polar surface area (TPSA) is 71.1 Å². The van der Waals surface area contributed by atoms with Crippen molar-refractivity contribution in [3.63, 3.8) is 0 Å². The Bertz CT molecular complexity index is 685. The molecule has 0 aromatic heterocycles. The lowest BCUT2D eigenvalue weighted by Gasteiger charge is -2.28. The average Bonchev–Trinajstić information content (AvgIpc) is 3.04. The van der Waals surface area contributed by atoms with Gasteiger partial charge in [-0.05, 0) is 31.0 Å². The lowest BCUT2D eigenvalue weighted by molar-refractivity contribution is -0.130. The van der Waals surface area contributed by atoms with Gasteiger partial charge in [0, 0.05) is 32.2 Å². The summed E-state index contributed by atoms with van der Waals surface area (Å²) in [5.41, 5.74) is 0.911. The largest absolute Gasteiger partial charge is 0.497 e. The van der Waals surface area contributed by atoms with Crippen LogP contribution in [0.3, 0.4) is 0 Å². The molecule has 1 saturated heterocycles. The lowest BCUT2D eigenvalue weighted by atomic mass is 10.1. The maximum atomic E-state index is 12.9. The second-order valence-corrected chi connectivity index (χ2v) is 7.97. The number of amides is 3. The van der Waals surface area contributed by atoms with E-state index in [2.05, 4.69) is 5.32 Å². The molecule has 1 aliphatic rings. The normalized spacial score (nSPS) is 18.9. The number of urea groups is 1. The van der Waals surface area contributed by atoms with Crippen LogP contribution in [0.25, 0.3) is 0 Å². The Labute approximate surface area is 171 Å². The molecule has 28 heavy (non-hydrogen) atoms. The fourth-order valence-electron chi connectivity index (χ4n) is 3.09. The van der Waals surface area contributed by atoms with Gasteiger partial charge in [-0.25, -0.2) is 4.79 Å². The molecule has 1 aliphatic heterocycles. The third-order valence-electron chi connectivity index (χ3n) is 4.76. The minimum atomic E-state index is -0.172. The van der Waals surface area contributed by atoms with Crippen molar-refractivity contribution in [2.24, 2.45) is 0 Å². The highest BCUT2D eigenvalue weighted by Gasteiger charge is 2.41. The summed E-state index contributed by atoms with van der Waals surface area (Å²) >= 11 is 1.62. The predicted molar refractivity (Wildman–Crippen MR) is 112 cm³/mol. The van der Waals surface area contributed by atoms with E-state index >= 15 is 0 Å². The molecular weight excluding hydrogens is 378 g/mol. The van der Waals surface area contributed by atoms with Crippen molar-refractivity contribution < 1.29 is 19.1 Å². The number of rotatable bonds is 9. The van der Waals surface area contributed by atoms with Crippen molar-refractivity contribution in [3.8, 4) is 11.5 Å². The first-order valence-corrected chi connectivity index (χ1v) is 10.6. The van der Waals surface area contributed by atoms with Crippen LogP contribution in [0, 0.1) is 0 Å². The summed E-state index contributed by atoms with van der Waals surface area (Å²) in [5, 5.41) is 2.59. The van der Waals surface area contributed by atoms with Gasteiger partial charge in [0.2, 0.25) is 5.91 Å². The van der Waals surface area contributed by atoms with E-state index in [1.54, 1.807) is 37.9 Å². The Morgan fingerprint density at radius 3 is 2.64 bits per heavy atom. The maximum Gasteiger partial charge on any atom is 0.317 e. The summed E-state index contributed by atoms with van der Waals surface area (Å²) in [6, 6.07) is 5.51. The van der Waals surface area contributed by atoms with Crippen LogP contribution in [0.5, 0.6) is 11.5 Å². The minimum Gasteiger partial charge on any atom is -0.497 e. The van der Waals surface area contributed by atoms with E-state index < -0.39 is 0 Å². The number of nitrogens with one attached hydrogen (secondary N) is 1. The number of hydrogen-bond acceptors (Lipinski definition) is 5. The van der Waals surface area contributed by atoms with Crippen LogP contribution in [0.4, 0.5) is 4.79 Å². The van der Waals surface area contributed by atoms with Crippen molar-refractivity contribution in [1.29, 1.82) is 0 Å². The average molecular weight is 410 g/mol. The number of thioether (sulfide) groups is 1. The number of carbonyl (C=O) groups is 2. The predicted octanol–water partition coefficient (Wildman–Crippen LogP) is 3.11. The molecule has 8 heteroatoms. The highest BCUT2D eigenvalue weighted by atomic mass is 32.2. The van der Waals surface area contributed by atoms with Gasteiger partial charge in [0.25, 0.3) is 0 Å². The van der Waals surface area contributed by atoms with E-state index in [9.17, 15) is 9.59 Å². The second kappa shape index (κ2) is 10.5. The molecule has 0 bridgehead atoms. The van der Waals surface area contributed by atoms with Crippen LogP contribution >= 0.6 is 11.8 Å². The van der Waals surface area contributed by atoms with E-state index in [4.69, 9.17) is 9.47 Å². The first kappa shape index (κ1) is 22.2. The quantitative estimate of drug-likeness (QED) is 0.679. The molecule has 1 N–H and O–H groups in total. The maximum absolute atomic E-state index is 12.9. The fraction of sp³-hybridized carbons (Fsp3) is 0.600. The Kier molecular flexibility index (Phi) is 8.29. The molecule has 2 rings (SSSR count). The first-order chi connectivity index (χ1) is 13.5. The summed E-state index contributed by atoms with van der Waals surface area (Å²) in [6.45, 7) is 5.59.